The van der Waals surface area contributed by atoms with E-state index in [1.54, 1.807) is 18.9 Å². The average molecular weight is 275 g/mol. The minimum Gasteiger partial charge on any atom is -0.378 e. The Morgan fingerprint density at radius 2 is 2.00 bits per heavy atom. The molecule has 0 radical (unpaired) electrons. The molecule has 0 fully saturated rings. The molecule has 2 rings (SSSR count). The number of rotatable bonds is 6. The number of thioether (sulfide) groups is 1. The third-order valence-electron chi connectivity index (χ3n) is 2.55. The number of ether oxygens (including phenoxy) is 1. The normalized spacial score (nSPS) is 10.4. The number of nitrogens with one attached hydrogen (secondary N) is 1. The molecule has 1 aromatic heterocycles. The minimum absolute atomic E-state index is 0.496. The van der Waals surface area contributed by atoms with E-state index < -0.39 is 0 Å². The van der Waals surface area contributed by atoms with Crippen LogP contribution in [-0.4, -0.2) is 23.3 Å². The molecule has 1 N–H and O–H groups in total. The Kier molecular flexibility index (Phi) is 5.18. The van der Waals surface area contributed by atoms with Crippen LogP contribution in [0.2, 0.25) is 0 Å². The van der Waals surface area contributed by atoms with Gasteiger partial charge in [-0.15, -0.1) is 11.8 Å². The Labute approximate surface area is 117 Å². The topological polar surface area (TPSA) is 47.0 Å². The van der Waals surface area contributed by atoms with Gasteiger partial charge in [0.2, 0.25) is 5.95 Å². The van der Waals surface area contributed by atoms with Gasteiger partial charge in [0.05, 0.1) is 12.3 Å². The van der Waals surface area contributed by atoms with E-state index in [1.807, 2.05) is 30.5 Å². The molecule has 1 aromatic carbocycles. The SMILES string of the molecule is COCc1cc(SC)nc(NCc2ccccc2)n1. The first-order chi connectivity index (χ1) is 9.31. The summed E-state index contributed by atoms with van der Waals surface area (Å²) in [5.41, 5.74) is 2.09. The van der Waals surface area contributed by atoms with E-state index in [4.69, 9.17) is 4.74 Å². The highest BCUT2D eigenvalue weighted by Crippen LogP contribution is 2.16. The molecule has 0 atom stereocenters. The summed E-state index contributed by atoms with van der Waals surface area (Å²) in [7, 11) is 1.66. The van der Waals surface area contributed by atoms with E-state index in [9.17, 15) is 0 Å². The minimum atomic E-state index is 0.496. The van der Waals surface area contributed by atoms with E-state index in [-0.39, 0.29) is 0 Å². The lowest BCUT2D eigenvalue weighted by Gasteiger charge is -2.08. The predicted octanol–water partition coefficient (Wildman–Crippen LogP) is 2.96. The van der Waals surface area contributed by atoms with E-state index in [2.05, 4.69) is 27.4 Å². The van der Waals surface area contributed by atoms with E-state index in [0.29, 0.717) is 19.1 Å². The fraction of sp³-hybridized carbons (Fsp3) is 0.286. The molecule has 19 heavy (non-hydrogen) atoms. The monoisotopic (exact) mass is 275 g/mol. The molecule has 0 unspecified atom stereocenters. The molecule has 0 spiro atoms. The van der Waals surface area contributed by atoms with Crippen molar-refractivity contribution in [2.45, 2.75) is 18.2 Å². The van der Waals surface area contributed by atoms with Crippen molar-refractivity contribution in [1.82, 2.24) is 9.97 Å². The third-order valence-corrected chi connectivity index (χ3v) is 3.18. The molecule has 0 saturated heterocycles. The fourth-order valence-corrected chi connectivity index (χ4v) is 2.09. The van der Waals surface area contributed by atoms with Crippen molar-refractivity contribution in [2.24, 2.45) is 0 Å². The molecular formula is C14H17N3OS. The zero-order chi connectivity index (χ0) is 13.5. The van der Waals surface area contributed by atoms with Gasteiger partial charge in [-0.3, -0.25) is 0 Å². The predicted molar refractivity (Wildman–Crippen MR) is 78.3 cm³/mol. The molecule has 0 saturated carbocycles. The number of anilines is 1. The Balaban J connectivity index is 2.08. The van der Waals surface area contributed by atoms with Crippen molar-refractivity contribution >= 4 is 17.7 Å². The first-order valence-corrected chi connectivity index (χ1v) is 7.23. The number of hydrogen-bond donors (Lipinski definition) is 1. The number of methoxy groups -OCH3 is 1. The largest absolute Gasteiger partial charge is 0.378 e. The van der Waals surface area contributed by atoms with Crippen LogP contribution in [0, 0.1) is 0 Å². The molecule has 0 aliphatic heterocycles. The summed E-state index contributed by atoms with van der Waals surface area (Å²) in [5.74, 6) is 0.641. The highest BCUT2D eigenvalue weighted by molar-refractivity contribution is 7.98. The lowest BCUT2D eigenvalue weighted by Crippen LogP contribution is -2.06. The van der Waals surface area contributed by atoms with Gasteiger partial charge in [-0.2, -0.15) is 0 Å². The van der Waals surface area contributed by atoms with Crippen LogP contribution in [0.15, 0.2) is 41.4 Å². The van der Waals surface area contributed by atoms with Crippen LogP contribution in [0.1, 0.15) is 11.3 Å². The molecule has 5 heteroatoms. The zero-order valence-corrected chi connectivity index (χ0v) is 11.9. The molecule has 0 aliphatic rings. The van der Waals surface area contributed by atoms with Crippen LogP contribution in [0.25, 0.3) is 0 Å². The second-order valence-corrected chi connectivity index (χ2v) is 4.82. The third kappa shape index (κ3) is 4.22. The summed E-state index contributed by atoms with van der Waals surface area (Å²) < 4.78 is 5.12. The van der Waals surface area contributed by atoms with Gasteiger partial charge in [0.25, 0.3) is 0 Å². The average Bonchev–Trinajstić information content (AvgIpc) is 2.46. The summed E-state index contributed by atoms with van der Waals surface area (Å²) in [5, 5.41) is 4.19. The molecule has 0 bridgehead atoms. The Morgan fingerprint density at radius 3 is 2.68 bits per heavy atom. The maximum Gasteiger partial charge on any atom is 0.224 e. The van der Waals surface area contributed by atoms with E-state index in [0.717, 1.165) is 10.7 Å². The van der Waals surface area contributed by atoms with Crippen LogP contribution in [0.4, 0.5) is 5.95 Å². The second-order valence-electron chi connectivity index (χ2n) is 4.00. The fourth-order valence-electron chi connectivity index (χ4n) is 1.65. The van der Waals surface area contributed by atoms with Crippen LogP contribution in [-0.2, 0) is 17.9 Å². The van der Waals surface area contributed by atoms with Gasteiger partial charge in [0.15, 0.2) is 0 Å². The second kappa shape index (κ2) is 7.11. The highest BCUT2D eigenvalue weighted by atomic mass is 32.2. The summed E-state index contributed by atoms with van der Waals surface area (Å²) in [6, 6.07) is 12.1. The number of aromatic nitrogens is 2. The van der Waals surface area contributed by atoms with Crippen LogP contribution < -0.4 is 5.32 Å². The zero-order valence-electron chi connectivity index (χ0n) is 11.1. The molecule has 1 heterocycles. The van der Waals surface area contributed by atoms with Gasteiger partial charge in [-0.25, -0.2) is 9.97 Å². The van der Waals surface area contributed by atoms with Gasteiger partial charge < -0.3 is 10.1 Å². The molecule has 100 valence electrons. The van der Waals surface area contributed by atoms with Crippen LogP contribution in [0.5, 0.6) is 0 Å². The summed E-state index contributed by atoms with van der Waals surface area (Å²) in [6.07, 6.45) is 2.00. The van der Waals surface area contributed by atoms with Crippen molar-refractivity contribution in [3.8, 4) is 0 Å². The van der Waals surface area contributed by atoms with Crippen LogP contribution >= 0.6 is 11.8 Å². The van der Waals surface area contributed by atoms with Crippen molar-refractivity contribution in [3.05, 3.63) is 47.7 Å². The first-order valence-electron chi connectivity index (χ1n) is 6.00. The Morgan fingerprint density at radius 1 is 1.21 bits per heavy atom. The number of nitrogens with zero attached hydrogens (tertiary/aromatic N) is 2. The van der Waals surface area contributed by atoms with Crippen molar-refractivity contribution in [2.75, 3.05) is 18.7 Å². The van der Waals surface area contributed by atoms with Gasteiger partial charge in [0, 0.05) is 13.7 Å². The van der Waals surface area contributed by atoms with E-state index >= 15 is 0 Å². The smallest absolute Gasteiger partial charge is 0.224 e. The molecule has 4 nitrogen and oxygen atoms in total. The van der Waals surface area contributed by atoms with Crippen LogP contribution in [0.3, 0.4) is 0 Å². The Bertz CT molecular complexity index is 519. The highest BCUT2D eigenvalue weighted by Gasteiger charge is 2.04. The van der Waals surface area contributed by atoms with Gasteiger partial charge in [-0.1, -0.05) is 30.3 Å². The van der Waals surface area contributed by atoms with Gasteiger partial charge in [-0.05, 0) is 17.9 Å². The van der Waals surface area contributed by atoms with Gasteiger partial charge in [0.1, 0.15) is 5.03 Å². The maximum atomic E-state index is 5.12. The number of hydrogen-bond acceptors (Lipinski definition) is 5. The maximum absolute atomic E-state index is 5.12. The molecule has 0 amide bonds. The van der Waals surface area contributed by atoms with Crippen molar-refractivity contribution < 1.29 is 4.74 Å². The number of benzene rings is 1. The molecule has 2 aromatic rings. The van der Waals surface area contributed by atoms with E-state index in [1.165, 1.54) is 5.56 Å². The lowest BCUT2D eigenvalue weighted by atomic mass is 10.2. The summed E-state index contributed by atoms with van der Waals surface area (Å²) in [6.45, 7) is 1.21. The quantitative estimate of drug-likeness (QED) is 0.649. The van der Waals surface area contributed by atoms with Crippen molar-refractivity contribution in [3.63, 3.8) is 0 Å². The Hall–Kier alpha value is -1.59. The molecular weight excluding hydrogens is 258 g/mol. The first kappa shape index (κ1) is 13.8. The summed E-state index contributed by atoms with van der Waals surface area (Å²) in [4.78, 5) is 8.86. The standard InChI is InChI=1S/C14H17N3OS/c1-18-10-12-8-13(19-2)17-14(16-12)15-9-11-6-4-3-5-7-11/h3-8H,9-10H2,1-2H3,(H,15,16,17). The lowest BCUT2D eigenvalue weighted by molar-refractivity contribution is 0.181. The van der Waals surface area contributed by atoms with Gasteiger partial charge >= 0.3 is 0 Å². The molecule has 0 aliphatic carbocycles. The van der Waals surface area contributed by atoms with Crippen molar-refractivity contribution in [1.29, 1.82) is 0 Å². The summed E-state index contributed by atoms with van der Waals surface area (Å²) >= 11 is 1.60.